The van der Waals surface area contributed by atoms with Crippen molar-refractivity contribution in [1.82, 2.24) is 9.78 Å². The third kappa shape index (κ3) is 4.74. The van der Waals surface area contributed by atoms with Gasteiger partial charge in [-0.1, -0.05) is 0 Å². The molecule has 1 aromatic heterocycles. The van der Waals surface area contributed by atoms with E-state index in [-0.39, 0.29) is 13.0 Å². The Bertz CT molecular complexity index is 339. The summed E-state index contributed by atoms with van der Waals surface area (Å²) in [5, 5.41) is 13.7. The van der Waals surface area contributed by atoms with E-state index < -0.39 is 18.9 Å². The number of aliphatic hydroxyl groups is 1. The molecule has 1 atom stereocenters. The van der Waals surface area contributed by atoms with E-state index >= 15 is 0 Å². The molecule has 0 saturated carbocycles. The molecular formula is C10H15F3N2O2. The minimum Gasteiger partial charge on any atom is -0.387 e. The molecule has 1 aromatic rings. The Kier molecular flexibility index (Phi) is 4.95. The van der Waals surface area contributed by atoms with Crippen LogP contribution in [0, 0.1) is 0 Å². The Hall–Kier alpha value is -1.08. The monoisotopic (exact) mass is 252 g/mol. The van der Waals surface area contributed by atoms with Gasteiger partial charge in [-0.15, -0.1) is 0 Å². The zero-order valence-corrected chi connectivity index (χ0v) is 9.44. The fourth-order valence-electron chi connectivity index (χ4n) is 1.42. The Morgan fingerprint density at radius 3 is 2.82 bits per heavy atom. The molecular weight excluding hydrogens is 237 g/mol. The molecule has 1 N–H and O–H groups in total. The van der Waals surface area contributed by atoms with Crippen molar-refractivity contribution in [2.45, 2.75) is 32.2 Å². The quantitative estimate of drug-likeness (QED) is 0.787. The first kappa shape index (κ1) is 14.0. The fourth-order valence-corrected chi connectivity index (χ4v) is 1.42. The summed E-state index contributed by atoms with van der Waals surface area (Å²) in [5.41, 5.74) is 0.586. The SMILES string of the molecule is CCn1nccc1C(O)CCOCC(F)(F)F. The van der Waals surface area contributed by atoms with Crippen LogP contribution in [0.2, 0.25) is 0 Å². The van der Waals surface area contributed by atoms with Crippen molar-refractivity contribution >= 4 is 0 Å². The molecule has 0 radical (unpaired) electrons. The molecule has 1 unspecified atom stereocenters. The largest absolute Gasteiger partial charge is 0.411 e. The van der Waals surface area contributed by atoms with Gasteiger partial charge in [0.15, 0.2) is 0 Å². The van der Waals surface area contributed by atoms with Crippen LogP contribution < -0.4 is 0 Å². The van der Waals surface area contributed by atoms with E-state index in [1.165, 1.54) is 0 Å². The summed E-state index contributed by atoms with van der Waals surface area (Å²) in [6.45, 7) is 1.04. The summed E-state index contributed by atoms with van der Waals surface area (Å²) in [7, 11) is 0. The molecule has 1 heterocycles. The first-order valence-electron chi connectivity index (χ1n) is 5.28. The smallest absolute Gasteiger partial charge is 0.387 e. The highest BCUT2D eigenvalue weighted by molar-refractivity contribution is 5.04. The molecule has 0 aliphatic heterocycles. The van der Waals surface area contributed by atoms with Crippen molar-refractivity contribution < 1.29 is 23.0 Å². The van der Waals surface area contributed by atoms with Gasteiger partial charge in [0.25, 0.3) is 0 Å². The highest BCUT2D eigenvalue weighted by Gasteiger charge is 2.27. The second-order valence-corrected chi connectivity index (χ2v) is 3.54. The van der Waals surface area contributed by atoms with Gasteiger partial charge in [-0.05, 0) is 13.0 Å². The Labute approximate surface area is 97.0 Å². The summed E-state index contributed by atoms with van der Waals surface area (Å²) in [4.78, 5) is 0. The van der Waals surface area contributed by atoms with Gasteiger partial charge >= 0.3 is 6.18 Å². The van der Waals surface area contributed by atoms with Crippen molar-refractivity contribution in [2.75, 3.05) is 13.2 Å². The number of halogens is 3. The number of hydrogen-bond donors (Lipinski definition) is 1. The van der Waals surface area contributed by atoms with Crippen LogP contribution in [0.5, 0.6) is 0 Å². The van der Waals surface area contributed by atoms with Crippen LogP contribution in [-0.2, 0) is 11.3 Å². The van der Waals surface area contributed by atoms with Gasteiger partial charge in [0, 0.05) is 25.8 Å². The molecule has 0 aliphatic carbocycles. The Morgan fingerprint density at radius 1 is 1.53 bits per heavy atom. The van der Waals surface area contributed by atoms with Crippen LogP contribution in [-0.4, -0.2) is 34.3 Å². The summed E-state index contributed by atoms with van der Waals surface area (Å²) in [6, 6.07) is 1.64. The minimum atomic E-state index is -4.32. The van der Waals surface area contributed by atoms with Gasteiger partial charge in [0.1, 0.15) is 6.61 Å². The number of aromatic nitrogens is 2. The first-order valence-corrected chi connectivity index (χ1v) is 5.28. The third-order valence-electron chi connectivity index (χ3n) is 2.19. The topological polar surface area (TPSA) is 47.3 Å². The van der Waals surface area contributed by atoms with Crippen molar-refractivity contribution in [3.8, 4) is 0 Å². The highest BCUT2D eigenvalue weighted by atomic mass is 19.4. The summed E-state index contributed by atoms with van der Waals surface area (Å²) in [6.07, 6.45) is -3.53. The lowest BCUT2D eigenvalue weighted by Gasteiger charge is -2.13. The predicted octanol–water partition coefficient (Wildman–Crippen LogP) is 1.91. The second kappa shape index (κ2) is 6.02. The van der Waals surface area contributed by atoms with E-state index in [9.17, 15) is 18.3 Å². The van der Waals surface area contributed by atoms with E-state index in [0.717, 1.165) is 0 Å². The number of aryl methyl sites for hydroxylation is 1. The molecule has 0 bridgehead atoms. The highest BCUT2D eigenvalue weighted by Crippen LogP contribution is 2.18. The van der Waals surface area contributed by atoms with Gasteiger partial charge in [0.05, 0.1) is 11.8 Å². The summed E-state index contributed by atoms with van der Waals surface area (Å²) < 4.78 is 41.3. The molecule has 17 heavy (non-hydrogen) atoms. The van der Waals surface area contributed by atoms with Crippen molar-refractivity contribution in [1.29, 1.82) is 0 Å². The lowest BCUT2D eigenvalue weighted by Crippen LogP contribution is -2.18. The molecule has 0 aromatic carbocycles. The number of rotatable bonds is 6. The first-order chi connectivity index (χ1) is 7.94. The summed E-state index contributed by atoms with van der Waals surface area (Å²) in [5.74, 6) is 0. The van der Waals surface area contributed by atoms with Crippen molar-refractivity contribution in [3.63, 3.8) is 0 Å². The molecule has 7 heteroatoms. The van der Waals surface area contributed by atoms with Gasteiger partial charge in [-0.2, -0.15) is 18.3 Å². The standard InChI is InChI=1S/C10H15F3N2O2/c1-2-15-8(3-5-14-15)9(16)4-6-17-7-10(11,12)13/h3,5,9,16H,2,4,6-7H2,1H3. The van der Waals surface area contributed by atoms with E-state index in [4.69, 9.17) is 0 Å². The Morgan fingerprint density at radius 2 is 2.24 bits per heavy atom. The number of ether oxygens (including phenoxy) is 1. The molecule has 4 nitrogen and oxygen atoms in total. The van der Waals surface area contributed by atoms with Gasteiger partial charge in [0.2, 0.25) is 0 Å². The fraction of sp³-hybridized carbons (Fsp3) is 0.700. The maximum atomic E-state index is 11.8. The van der Waals surface area contributed by atoms with Crippen LogP contribution >= 0.6 is 0 Å². The zero-order chi connectivity index (χ0) is 12.9. The van der Waals surface area contributed by atoms with Crippen LogP contribution in [0.15, 0.2) is 12.3 Å². The number of nitrogens with zero attached hydrogens (tertiary/aromatic N) is 2. The molecule has 0 amide bonds. The van der Waals surface area contributed by atoms with Crippen LogP contribution in [0.25, 0.3) is 0 Å². The van der Waals surface area contributed by atoms with Gasteiger partial charge in [-0.3, -0.25) is 4.68 Å². The minimum absolute atomic E-state index is 0.113. The molecule has 1 rings (SSSR count). The molecule has 0 aliphatic rings. The second-order valence-electron chi connectivity index (χ2n) is 3.54. The number of alkyl halides is 3. The van der Waals surface area contributed by atoms with Gasteiger partial charge < -0.3 is 9.84 Å². The average Bonchev–Trinajstić information content (AvgIpc) is 2.70. The Balaban J connectivity index is 2.33. The summed E-state index contributed by atoms with van der Waals surface area (Å²) >= 11 is 0. The van der Waals surface area contributed by atoms with Crippen molar-refractivity contribution in [3.05, 3.63) is 18.0 Å². The van der Waals surface area contributed by atoms with E-state index in [0.29, 0.717) is 12.2 Å². The van der Waals surface area contributed by atoms with E-state index in [1.54, 1.807) is 16.9 Å². The lowest BCUT2D eigenvalue weighted by atomic mass is 10.2. The van der Waals surface area contributed by atoms with E-state index in [1.807, 2.05) is 6.92 Å². The van der Waals surface area contributed by atoms with Crippen molar-refractivity contribution in [2.24, 2.45) is 0 Å². The molecule has 98 valence electrons. The maximum absolute atomic E-state index is 11.8. The lowest BCUT2D eigenvalue weighted by molar-refractivity contribution is -0.175. The predicted molar refractivity (Wildman–Crippen MR) is 54.4 cm³/mol. The molecule has 0 saturated heterocycles. The van der Waals surface area contributed by atoms with Gasteiger partial charge in [-0.25, -0.2) is 0 Å². The molecule has 0 fully saturated rings. The zero-order valence-electron chi connectivity index (χ0n) is 9.44. The van der Waals surface area contributed by atoms with Crippen LogP contribution in [0.3, 0.4) is 0 Å². The number of hydrogen-bond acceptors (Lipinski definition) is 3. The third-order valence-corrected chi connectivity index (χ3v) is 2.19. The van der Waals surface area contributed by atoms with Crippen LogP contribution in [0.4, 0.5) is 13.2 Å². The maximum Gasteiger partial charge on any atom is 0.411 e. The van der Waals surface area contributed by atoms with Crippen LogP contribution in [0.1, 0.15) is 25.1 Å². The molecule has 0 spiro atoms. The number of aliphatic hydroxyl groups excluding tert-OH is 1. The van der Waals surface area contributed by atoms with E-state index in [2.05, 4.69) is 9.84 Å². The average molecular weight is 252 g/mol. The normalized spacial score (nSPS) is 13.9.